The van der Waals surface area contributed by atoms with Gasteiger partial charge in [0.05, 0.1) is 34.5 Å². The lowest BCUT2D eigenvalue weighted by Gasteiger charge is -2.26. The lowest BCUT2D eigenvalue weighted by atomic mass is 9.99. The van der Waals surface area contributed by atoms with Gasteiger partial charge in [-0.25, -0.2) is 9.98 Å². The van der Waals surface area contributed by atoms with Gasteiger partial charge in [0.1, 0.15) is 6.04 Å². The van der Waals surface area contributed by atoms with Crippen LogP contribution in [-0.4, -0.2) is 78.8 Å². The van der Waals surface area contributed by atoms with Crippen LogP contribution in [0.3, 0.4) is 0 Å². The lowest BCUT2D eigenvalue weighted by molar-refractivity contribution is -0.128. The van der Waals surface area contributed by atoms with Crippen LogP contribution in [-0.2, 0) is 25.5 Å². The van der Waals surface area contributed by atoms with Gasteiger partial charge in [-0.1, -0.05) is 46.8 Å². The first-order valence-electron chi connectivity index (χ1n) is 13.6. The van der Waals surface area contributed by atoms with E-state index in [4.69, 9.17) is 9.72 Å². The number of carbonyl (C=O) groups is 3. The summed E-state index contributed by atoms with van der Waals surface area (Å²) in [5, 5.41) is 6.53. The quantitative estimate of drug-likeness (QED) is 0.306. The molecule has 3 atom stereocenters. The van der Waals surface area contributed by atoms with Gasteiger partial charge in [-0.05, 0) is 29.5 Å². The SMILES string of the molecule is C=C(CN1CCOCC1)C(=O)N=CC(NC(=O)[C@H](Cc1nc2ccc(C(C)C)cc2s1)NC(C)=O)[C@@H](C)CC. The summed E-state index contributed by atoms with van der Waals surface area (Å²) in [4.78, 5) is 48.9. The monoisotopic (exact) mass is 555 g/mol. The van der Waals surface area contributed by atoms with Crippen molar-refractivity contribution in [1.29, 1.82) is 0 Å². The topological polar surface area (TPSA) is 113 Å². The Bertz CT molecular complexity index is 1200. The number of thiazole rings is 1. The normalized spacial score (nSPS) is 16.8. The van der Waals surface area contributed by atoms with Crippen LogP contribution in [0.1, 0.15) is 57.5 Å². The number of hydrogen-bond acceptors (Lipinski definition) is 7. The van der Waals surface area contributed by atoms with Crippen LogP contribution in [0, 0.1) is 5.92 Å². The number of aliphatic imine (C=N–C) groups is 1. The Kier molecular flexibility index (Phi) is 11.3. The fourth-order valence-corrected chi connectivity index (χ4v) is 5.31. The summed E-state index contributed by atoms with van der Waals surface area (Å²) in [5.41, 5.74) is 2.50. The van der Waals surface area contributed by atoms with Crippen molar-refractivity contribution < 1.29 is 19.1 Å². The highest BCUT2D eigenvalue weighted by Gasteiger charge is 2.26. The molecule has 1 saturated heterocycles. The molecule has 3 rings (SSSR count). The molecule has 0 spiro atoms. The summed E-state index contributed by atoms with van der Waals surface area (Å²) < 4.78 is 6.40. The summed E-state index contributed by atoms with van der Waals surface area (Å²) in [7, 11) is 0. The largest absolute Gasteiger partial charge is 0.379 e. The summed E-state index contributed by atoms with van der Waals surface area (Å²) in [5.74, 6) is -0.628. The van der Waals surface area contributed by atoms with Crippen LogP contribution in [0.5, 0.6) is 0 Å². The van der Waals surface area contributed by atoms with Crippen LogP contribution in [0.25, 0.3) is 10.2 Å². The van der Waals surface area contributed by atoms with Gasteiger partial charge < -0.3 is 15.4 Å². The van der Waals surface area contributed by atoms with Crippen LogP contribution in [0.4, 0.5) is 0 Å². The molecule has 1 aliphatic heterocycles. The molecule has 1 aromatic carbocycles. The maximum absolute atomic E-state index is 13.4. The minimum atomic E-state index is -0.806. The number of carbonyl (C=O) groups excluding carboxylic acids is 3. The fraction of sp³-hybridized carbons (Fsp3) is 0.552. The molecule has 1 aromatic heterocycles. The molecule has 0 bridgehead atoms. The number of amides is 3. The van der Waals surface area contributed by atoms with Crippen molar-refractivity contribution in [2.24, 2.45) is 10.9 Å². The number of fused-ring (bicyclic) bond motifs is 1. The minimum Gasteiger partial charge on any atom is -0.379 e. The average molecular weight is 556 g/mol. The Hall–Kier alpha value is -2.95. The van der Waals surface area contributed by atoms with Crippen molar-refractivity contribution in [2.75, 3.05) is 32.8 Å². The minimum absolute atomic E-state index is 0.0212. The zero-order chi connectivity index (χ0) is 28.5. The van der Waals surface area contributed by atoms with Gasteiger partial charge in [-0.3, -0.25) is 19.3 Å². The zero-order valence-electron chi connectivity index (χ0n) is 23.7. The second-order valence-corrected chi connectivity index (χ2v) is 11.6. The van der Waals surface area contributed by atoms with Crippen LogP contribution >= 0.6 is 11.3 Å². The van der Waals surface area contributed by atoms with Gasteiger partial charge >= 0.3 is 0 Å². The van der Waals surface area contributed by atoms with E-state index in [1.807, 2.05) is 19.9 Å². The molecular formula is C29H41N5O4S. The van der Waals surface area contributed by atoms with Gasteiger partial charge in [0.25, 0.3) is 5.91 Å². The predicted molar refractivity (Wildman–Crippen MR) is 156 cm³/mol. The standard InChI is InChI=1S/C29H41N5O4S/c1-7-19(4)25(16-30-28(36)20(5)17-34-10-12-38-13-11-34)33-29(37)24(31-21(6)35)15-27-32-23-9-8-22(18(2)3)14-26(23)39-27/h8-9,14,16,18-19,24-25H,5,7,10-13,15,17H2,1-4,6H3,(H,31,35)(H,33,37)/t19-,24-,25?/m0/s1. The second kappa shape index (κ2) is 14.4. The number of rotatable bonds is 12. The summed E-state index contributed by atoms with van der Waals surface area (Å²) in [6.45, 7) is 16.8. The molecule has 1 unspecified atom stereocenters. The van der Waals surface area contributed by atoms with Gasteiger partial charge in [0.15, 0.2) is 0 Å². The average Bonchev–Trinajstić information content (AvgIpc) is 3.31. The highest BCUT2D eigenvalue weighted by Crippen LogP contribution is 2.27. The molecule has 2 aromatic rings. The lowest BCUT2D eigenvalue weighted by Crippen LogP contribution is -2.52. The first-order chi connectivity index (χ1) is 18.6. The van der Waals surface area contributed by atoms with E-state index in [1.54, 1.807) is 0 Å². The molecule has 3 amide bonds. The van der Waals surface area contributed by atoms with E-state index in [0.29, 0.717) is 31.2 Å². The first kappa shape index (κ1) is 30.6. The van der Waals surface area contributed by atoms with Crippen molar-refractivity contribution in [1.82, 2.24) is 20.5 Å². The molecule has 212 valence electrons. The number of morpholine rings is 1. The van der Waals surface area contributed by atoms with Crippen molar-refractivity contribution in [3.63, 3.8) is 0 Å². The molecule has 0 aliphatic carbocycles. The van der Waals surface area contributed by atoms with E-state index in [-0.39, 0.29) is 24.2 Å². The molecule has 10 heteroatoms. The Labute approximate surface area is 235 Å². The highest BCUT2D eigenvalue weighted by molar-refractivity contribution is 7.18. The van der Waals surface area contributed by atoms with Gasteiger partial charge in [0, 0.05) is 44.8 Å². The van der Waals surface area contributed by atoms with Gasteiger partial charge in [0.2, 0.25) is 11.8 Å². The smallest absolute Gasteiger partial charge is 0.273 e. The number of benzene rings is 1. The Morgan fingerprint density at radius 2 is 1.92 bits per heavy atom. The maximum atomic E-state index is 13.4. The third-order valence-corrected chi connectivity index (χ3v) is 7.98. The van der Waals surface area contributed by atoms with Gasteiger partial charge in [-0.15, -0.1) is 11.3 Å². The number of aromatic nitrogens is 1. The Morgan fingerprint density at radius 1 is 1.21 bits per heavy atom. The van der Waals surface area contributed by atoms with Crippen molar-refractivity contribution in [2.45, 2.75) is 65.5 Å². The van der Waals surface area contributed by atoms with Crippen molar-refractivity contribution in [3.8, 4) is 0 Å². The third kappa shape index (κ3) is 9.05. The molecule has 9 nitrogen and oxygen atoms in total. The number of nitrogens with zero attached hydrogens (tertiary/aromatic N) is 3. The molecule has 2 N–H and O–H groups in total. The van der Waals surface area contributed by atoms with E-state index in [9.17, 15) is 14.4 Å². The Morgan fingerprint density at radius 3 is 2.56 bits per heavy atom. The fourth-order valence-electron chi connectivity index (χ4n) is 4.25. The second-order valence-electron chi connectivity index (χ2n) is 10.4. The van der Waals surface area contributed by atoms with Crippen molar-refractivity contribution >= 4 is 45.5 Å². The Balaban J connectivity index is 1.70. The van der Waals surface area contributed by atoms with E-state index in [2.05, 4.69) is 53.1 Å². The summed E-state index contributed by atoms with van der Waals surface area (Å²) in [6, 6.07) is 4.91. The number of hydrogen-bond donors (Lipinski definition) is 2. The van der Waals surface area contributed by atoms with E-state index < -0.39 is 18.0 Å². The molecule has 2 heterocycles. The molecule has 1 fully saturated rings. The molecule has 0 saturated carbocycles. The highest BCUT2D eigenvalue weighted by atomic mass is 32.1. The number of ether oxygens (including phenoxy) is 1. The third-order valence-electron chi connectivity index (χ3n) is 6.94. The zero-order valence-corrected chi connectivity index (χ0v) is 24.5. The summed E-state index contributed by atoms with van der Waals surface area (Å²) in [6.07, 6.45) is 2.52. The summed E-state index contributed by atoms with van der Waals surface area (Å²) >= 11 is 1.53. The van der Waals surface area contributed by atoms with E-state index in [1.165, 1.54) is 30.0 Å². The molecule has 0 radical (unpaired) electrons. The van der Waals surface area contributed by atoms with Crippen LogP contribution in [0.15, 0.2) is 35.3 Å². The van der Waals surface area contributed by atoms with Crippen LogP contribution < -0.4 is 10.6 Å². The molecular weight excluding hydrogens is 514 g/mol. The number of nitrogens with one attached hydrogen (secondary N) is 2. The maximum Gasteiger partial charge on any atom is 0.273 e. The van der Waals surface area contributed by atoms with Crippen LogP contribution in [0.2, 0.25) is 0 Å². The van der Waals surface area contributed by atoms with Crippen molar-refractivity contribution in [3.05, 3.63) is 40.9 Å². The first-order valence-corrected chi connectivity index (χ1v) is 14.4. The predicted octanol–water partition coefficient (Wildman–Crippen LogP) is 3.48. The van der Waals surface area contributed by atoms with Gasteiger partial charge in [-0.2, -0.15) is 0 Å². The molecule has 39 heavy (non-hydrogen) atoms. The molecule has 1 aliphatic rings. The van der Waals surface area contributed by atoms with E-state index in [0.717, 1.165) is 34.7 Å². The van der Waals surface area contributed by atoms with E-state index >= 15 is 0 Å².